The molecule has 1 N–H and O–H groups in total. The molecule has 1 unspecified atom stereocenters. The van der Waals surface area contributed by atoms with Crippen molar-refractivity contribution in [2.75, 3.05) is 14.2 Å². The number of pyridine rings is 1. The molecule has 180 valence electrons. The molecule has 1 amide bonds. The smallest absolute Gasteiger partial charge is 0.295 e. The number of hydrogen-bond acceptors (Lipinski definition) is 6. The average Bonchev–Trinajstić information content (AvgIpc) is 3.13. The highest BCUT2D eigenvalue weighted by Gasteiger charge is 2.46. The minimum Gasteiger partial charge on any atom is -0.507 e. The maximum atomic E-state index is 13.3. The second-order valence-electron chi connectivity index (χ2n) is 8.68. The Bertz CT molecular complexity index is 1270. The van der Waals surface area contributed by atoms with Crippen LogP contribution in [0.3, 0.4) is 0 Å². The number of nitrogens with zero attached hydrogens (tertiary/aromatic N) is 2. The summed E-state index contributed by atoms with van der Waals surface area (Å²) >= 11 is 0. The fourth-order valence-electron chi connectivity index (χ4n) is 4.28. The van der Waals surface area contributed by atoms with Crippen molar-refractivity contribution in [1.29, 1.82) is 0 Å². The predicted octanol–water partition coefficient (Wildman–Crippen LogP) is 4.84. The predicted molar refractivity (Wildman–Crippen MR) is 132 cm³/mol. The minimum absolute atomic E-state index is 0.0309. The normalized spacial score (nSPS) is 17.2. The third-order valence-corrected chi connectivity index (χ3v) is 6.19. The summed E-state index contributed by atoms with van der Waals surface area (Å²) in [5.41, 5.74) is 3.04. The number of carbonyl (C=O) groups excluding carboxylic acids is 2. The molecule has 0 radical (unpaired) electrons. The van der Waals surface area contributed by atoms with Crippen LogP contribution in [-0.4, -0.2) is 40.9 Å². The summed E-state index contributed by atoms with van der Waals surface area (Å²) < 4.78 is 10.6. The summed E-state index contributed by atoms with van der Waals surface area (Å²) in [4.78, 5) is 32.1. The van der Waals surface area contributed by atoms with E-state index in [1.54, 1.807) is 36.7 Å². The molecule has 0 aliphatic carbocycles. The number of aliphatic hydroxyl groups is 1. The Morgan fingerprint density at radius 2 is 1.74 bits per heavy atom. The van der Waals surface area contributed by atoms with Gasteiger partial charge < -0.3 is 19.5 Å². The number of aromatic nitrogens is 1. The third kappa shape index (κ3) is 4.62. The molecular weight excluding hydrogens is 444 g/mol. The Morgan fingerprint density at radius 3 is 2.34 bits per heavy atom. The van der Waals surface area contributed by atoms with E-state index < -0.39 is 17.7 Å². The van der Waals surface area contributed by atoms with Crippen molar-refractivity contribution in [1.82, 2.24) is 9.88 Å². The molecule has 0 saturated carbocycles. The molecule has 4 rings (SSSR count). The first-order valence-electron chi connectivity index (χ1n) is 11.3. The number of methoxy groups -OCH3 is 2. The van der Waals surface area contributed by atoms with Crippen molar-refractivity contribution in [2.45, 2.75) is 32.4 Å². The highest BCUT2D eigenvalue weighted by atomic mass is 16.5. The zero-order valence-corrected chi connectivity index (χ0v) is 20.2. The van der Waals surface area contributed by atoms with Crippen LogP contribution in [0.1, 0.15) is 48.1 Å². The van der Waals surface area contributed by atoms with Crippen molar-refractivity contribution < 1.29 is 24.2 Å². The van der Waals surface area contributed by atoms with Crippen molar-refractivity contribution >= 4 is 17.4 Å². The second-order valence-corrected chi connectivity index (χ2v) is 8.68. The summed E-state index contributed by atoms with van der Waals surface area (Å²) in [7, 11) is 3.01. The van der Waals surface area contributed by atoms with Crippen molar-refractivity contribution in [2.24, 2.45) is 0 Å². The van der Waals surface area contributed by atoms with Crippen LogP contribution in [0.25, 0.3) is 5.76 Å². The zero-order chi connectivity index (χ0) is 25.1. The number of likely N-dealkylation sites (tertiary alicyclic amines) is 1. The van der Waals surface area contributed by atoms with Crippen LogP contribution in [0, 0.1) is 0 Å². The number of Topliss-reactive ketones (excluding diaryl/α,β-unsaturated/α-hetero) is 1. The van der Waals surface area contributed by atoms with Gasteiger partial charge in [-0.05, 0) is 46.9 Å². The first-order chi connectivity index (χ1) is 16.8. The lowest BCUT2D eigenvalue weighted by Gasteiger charge is -2.25. The van der Waals surface area contributed by atoms with Crippen LogP contribution < -0.4 is 9.47 Å². The lowest BCUT2D eigenvalue weighted by atomic mass is 9.93. The van der Waals surface area contributed by atoms with E-state index in [0.29, 0.717) is 23.0 Å². The Balaban J connectivity index is 1.86. The number of amides is 1. The molecule has 7 nitrogen and oxygen atoms in total. The van der Waals surface area contributed by atoms with Crippen molar-refractivity contribution in [3.05, 3.63) is 94.8 Å². The Kier molecular flexibility index (Phi) is 6.87. The SMILES string of the molecule is COc1ccc(/C(O)=C2/C(=O)C(=O)N(Cc3cccnc3)C2c2ccc(C(C)C)cc2)cc1OC. The van der Waals surface area contributed by atoms with Gasteiger partial charge in [0.05, 0.1) is 25.8 Å². The molecule has 0 spiro atoms. The topological polar surface area (TPSA) is 89.0 Å². The number of ketones is 1. The Hall–Kier alpha value is -4.13. The molecule has 1 aliphatic heterocycles. The molecule has 35 heavy (non-hydrogen) atoms. The van der Waals surface area contributed by atoms with Gasteiger partial charge in [0.25, 0.3) is 11.7 Å². The molecule has 0 bridgehead atoms. The van der Waals surface area contributed by atoms with Crippen molar-refractivity contribution in [3.8, 4) is 11.5 Å². The van der Waals surface area contributed by atoms with E-state index in [9.17, 15) is 14.7 Å². The van der Waals surface area contributed by atoms with Crippen LogP contribution in [0.2, 0.25) is 0 Å². The van der Waals surface area contributed by atoms with E-state index in [2.05, 4.69) is 18.8 Å². The molecule has 1 aromatic heterocycles. The van der Waals surface area contributed by atoms with Gasteiger partial charge in [-0.2, -0.15) is 0 Å². The van der Waals surface area contributed by atoms with E-state index >= 15 is 0 Å². The summed E-state index contributed by atoms with van der Waals surface area (Å²) in [6.45, 7) is 4.37. The molecule has 7 heteroatoms. The van der Waals surface area contributed by atoms with Gasteiger partial charge >= 0.3 is 0 Å². The van der Waals surface area contributed by atoms with Gasteiger partial charge in [-0.3, -0.25) is 14.6 Å². The number of benzene rings is 2. The lowest BCUT2D eigenvalue weighted by molar-refractivity contribution is -0.140. The quantitative estimate of drug-likeness (QED) is 0.301. The molecule has 1 atom stereocenters. The van der Waals surface area contributed by atoms with Gasteiger partial charge in [0.15, 0.2) is 11.5 Å². The van der Waals surface area contributed by atoms with Crippen LogP contribution in [0.15, 0.2) is 72.6 Å². The van der Waals surface area contributed by atoms with Gasteiger partial charge in [0, 0.05) is 24.5 Å². The molecule has 3 aromatic rings. The highest BCUT2D eigenvalue weighted by Crippen LogP contribution is 2.41. The third-order valence-electron chi connectivity index (χ3n) is 6.19. The average molecular weight is 473 g/mol. The van der Waals surface area contributed by atoms with Gasteiger partial charge in [0.1, 0.15) is 5.76 Å². The van der Waals surface area contributed by atoms with E-state index in [0.717, 1.165) is 16.7 Å². The standard InChI is InChI=1S/C28H28N2O5/c1-17(2)19-7-9-20(10-8-19)25-24(26(31)21-11-12-22(34-3)23(14-21)35-4)27(32)28(33)30(25)16-18-6-5-13-29-15-18/h5-15,17,25,31H,16H2,1-4H3/b26-24-. The fourth-order valence-corrected chi connectivity index (χ4v) is 4.28. The summed E-state index contributed by atoms with van der Waals surface area (Å²) in [5.74, 6) is -0.456. The van der Waals surface area contributed by atoms with Gasteiger partial charge in [-0.1, -0.05) is 44.2 Å². The van der Waals surface area contributed by atoms with Crippen LogP contribution >= 0.6 is 0 Å². The van der Waals surface area contributed by atoms with Crippen LogP contribution in [-0.2, 0) is 16.1 Å². The number of rotatable bonds is 7. The van der Waals surface area contributed by atoms with Gasteiger partial charge in [-0.25, -0.2) is 0 Å². The second kappa shape index (κ2) is 10.0. The van der Waals surface area contributed by atoms with Crippen LogP contribution in [0.4, 0.5) is 0 Å². The summed E-state index contributed by atoms with van der Waals surface area (Å²) in [6.07, 6.45) is 3.31. The van der Waals surface area contributed by atoms with Crippen LogP contribution in [0.5, 0.6) is 11.5 Å². The lowest BCUT2D eigenvalue weighted by Crippen LogP contribution is -2.29. The minimum atomic E-state index is -0.760. The number of aliphatic hydroxyl groups excluding tert-OH is 1. The first kappa shape index (κ1) is 24.0. The Labute approximate surface area is 204 Å². The van der Waals surface area contributed by atoms with Gasteiger partial charge in [-0.15, -0.1) is 0 Å². The number of ether oxygens (including phenoxy) is 2. The number of hydrogen-bond donors (Lipinski definition) is 1. The van der Waals surface area contributed by atoms with E-state index in [4.69, 9.17) is 9.47 Å². The molecular formula is C28H28N2O5. The van der Waals surface area contributed by atoms with Crippen molar-refractivity contribution in [3.63, 3.8) is 0 Å². The zero-order valence-electron chi connectivity index (χ0n) is 20.2. The summed E-state index contributed by atoms with van der Waals surface area (Å²) in [6, 6.07) is 15.5. The maximum absolute atomic E-state index is 13.3. The molecule has 2 aromatic carbocycles. The summed E-state index contributed by atoms with van der Waals surface area (Å²) in [5, 5.41) is 11.3. The molecule has 2 heterocycles. The Morgan fingerprint density at radius 1 is 1.03 bits per heavy atom. The van der Waals surface area contributed by atoms with E-state index in [1.165, 1.54) is 19.1 Å². The number of carbonyl (C=O) groups is 2. The van der Waals surface area contributed by atoms with E-state index in [1.807, 2.05) is 30.3 Å². The highest BCUT2D eigenvalue weighted by molar-refractivity contribution is 6.46. The molecule has 1 saturated heterocycles. The largest absolute Gasteiger partial charge is 0.507 e. The maximum Gasteiger partial charge on any atom is 0.295 e. The van der Waals surface area contributed by atoms with Gasteiger partial charge in [0.2, 0.25) is 0 Å². The first-order valence-corrected chi connectivity index (χ1v) is 11.3. The molecule has 1 aliphatic rings. The monoisotopic (exact) mass is 472 g/mol. The fraction of sp³-hybridized carbons (Fsp3) is 0.250. The van der Waals surface area contributed by atoms with E-state index in [-0.39, 0.29) is 17.9 Å². The molecule has 1 fully saturated rings.